The predicted octanol–water partition coefficient (Wildman–Crippen LogP) is 6.37. The molecule has 1 saturated carbocycles. The van der Waals surface area contributed by atoms with Gasteiger partial charge < -0.3 is 28.8 Å². The summed E-state index contributed by atoms with van der Waals surface area (Å²) in [7, 11) is 1.70. The number of furan rings is 1. The number of hydrogen-bond acceptors (Lipinski definition) is 7. The fourth-order valence-electron chi connectivity index (χ4n) is 5.90. The van der Waals surface area contributed by atoms with Crippen LogP contribution in [0.1, 0.15) is 66.8 Å². The first-order valence-electron chi connectivity index (χ1n) is 14.6. The van der Waals surface area contributed by atoms with Gasteiger partial charge in [0.15, 0.2) is 5.79 Å². The van der Waals surface area contributed by atoms with Gasteiger partial charge in [0.2, 0.25) is 0 Å². The van der Waals surface area contributed by atoms with Gasteiger partial charge in [-0.2, -0.15) is 0 Å². The van der Waals surface area contributed by atoms with Crippen molar-refractivity contribution in [1.82, 2.24) is 4.90 Å². The van der Waals surface area contributed by atoms with Gasteiger partial charge >= 0.3 is 5.97 Å². The Morgan fingerprint density at radius 3 is 2.39 bits per heavy atom. The molecule has 3 aromatic rings. The second-order valence-electron chi connectivity index (χ2n) is 10.9. The molecule has 218 valence electrons. The van der Waals surface area contributed by atoms with E-state index in [1.54, 1.807) is 18.9 Å². The van der Waals surface area contributed by atoms with E-state index in [1.165, 1.54) is 0 Å². The van der Waals surface area contributed by atoms with Crippen LogP contribution in [0, 0.1) is 12.8 Å². The summed E-state index contributed by atoms with van der Waals surface area (Å²) >= 11 is 0. The van der Waals surface area contributed by atoms with Crippen LogP contribution in [0.15, 0.2) is 65.1 Å². The summed E-state index contributed by atoms with van der Waals surface area (Å²) in [5.41, 5.74) is 3.68. The molecule has 8 heteroatoms. The highest BCUT2D eigenvalue weighted by molar-refractivity contribution is 5.94. The molecule has 1 saturated heterocycles. The number of amides is 1. The van der Waals surface area contributed by atoms with E-state index in [0.717, 1.165) is 54.0 Å². The number of hydrogen-bond donors (Lipinski definition) is 1. The Bertz CT molecular complexity index is 1300. The van der Waals surface area contributed by atoms with Crippen LogP contribution < -0.4 is 5.32 Å². The number of carbonyl (C=O) groups is 2. The minimum atomic E-state index is -0.428. The number of esters is 1. The van der Waals surface area contributed by atoms with Crippen LogP contribution in [0.5, 0.6) is 0 Å². The molecule has 1 unspecified atom stereocenters. The molecule has 2 fully saturated rings. The highest BCUT2D eigenvalue weighted by atomic mass is 16.7. The second-order valence-corrected chi connectivity index (χ2v) is 10.9. The molecule has 41 heavy (non-hydrogen) atoms. The lowest BCUT2D eigenvalue weighted by molar-refractivity contribution is -0.183. The zero-order valence-electron chi connectivity index (χ0n) is 24.2. The number of benzene rings is 2. The predicted molar refractivity (Wildman–Crippen MR) is 156 cm³/mol. The van der Waals surface area contributed by atoms with E-state index in [0.29, 0.717) is 37.8 Å². The summed E-state index contributed by atoms with van der Waals surface area (Å²) in [6.45, 7) is 5.76. The molecule has 1 atom stereocenters. The molecule has 1 spiro atoms. The maximum absolute atomic E-state index is 12.9. The second kappa shape index (κ2) is 12.9. The molecule has 1 aliphatic heterocycles. The van der Waals surface area contributed by atoms with Gasteiger partial charge in [-0.15, -0.1) is 0 Å². The van der Waals surface area contributed by atoms with Crippen molar-refractivity contribution in [3.8, 4) is 11.3 Å². The van der Waals surface area contributed by atoms with Crippen molar-refractivity contribution >= 4 is 17.6 Å². The van der Waals surface area contributed by atoms with Crippen LogP contribution in [-0.4, -0.2) is 56.0 Å². The molecule has 1 N–H and O–H groups in total. The van der Waals surface area contributed by atoms with Gasteiger partial charge in [-0.3, -0.25) is 9.59 Å². The monoisotopic (exact) mass is 560 g/mol. The number of aryl methyl sites for hydroxylation is 1. The van der Waals surface area contributed by atoms with E-state index in [1.807, 2.05) is 49.4 Å². The van der Waals surface area contributed by atoms with Gasteiger partial charge in [-0.25, -0.2) is 0 Å². The van der Waals surface area contributed by atoms with Crippen LogP contribution in [0.25, 0.3) is 11.3 Å². The van der Waals surface area contributed by atoms with Crippen molar-refractivity contribution in [3.63, 3.8) is 0 Å². The minimum absolute atomic E-state index is 0.0174. The SMILES string of the molecule is CCOC(=O)CCN(C)C(=O)c1ccc(NC(c2cc(-c3ccccc3)oc2C)C2CCC3(CC2)OCCO3)cc1. The average molecular weight is 561 g/mol. The van der Waals surface area contributed by atoms with Gasteiger partial charge in [0.25, 0.3) is 5.91 Å². The van der Waals surface area contributed by atoms with Crippen LogP contribution in [0.3, 0.4) is 0 Å². The molecule has 0 radical (unpaired) electrons. The van der Waals surface area contributed by atoms with Crippen LogP contribution >= 0.6 is 0 Å². The Hall–Kier alpha value is -3.62. The maximum Gasteiger partial charge on any atom is 0.307 e. The molecule has 8 nitrogen and oxygen atoms in total. The third kappa shape index (κ3) is 6.82. The van der Waals surface area contributed by atoms with Crippen molar-refractivity contribution < 1.29 is 28.2 Å². The van der Waals surface area contributed by atoms with Gasteiger partial charge in [0, 0.05) is 48.8 Å². The summed E-state index contributed by atoms with van der Waals surface area (Å²) in [4.78, 5) is 26.2. The number of carbonyl (C=O) groups excluding carboxylic acids is 2. The molecule has 0 bridgehead atoms. The first-order valence-corrected chi connectivity index (χ1v) is 14.6. The fraction of sp³-hybridized carbons (Fsp3) is 0.455. The number of nitrogens with one attached hydrogen (secondary N) is 1. The van der Waals surface area contributed by atoms with E-state index in [4.69, 9.17) is 18.6 Å². The van der Waals surface area contributed by atoms with Crippen molar-refractivity contribution in [1.29, 1.82) is 0 Å². The molecule has 1 aliphatic carbocycles. The zero-order valence-corrected chi connectivity index (χ0v) is 24.2. The summed E-state index contributed by atoms with van der Waals surface area (Å²) in [5.74, 6) is 1.23. The topological polar surface area (TPSA) is 90.2 Å². The summed E-state index contributed by atoms with van der Waals surface area (Å²) < 4.78 is 23.2. The van der Waals surface area contributed by atoms with Crippen LogP contribution in [0.2, 0.25) is 0 Å². The first kappa shape index (κ1) is 28.9. The largest absolute Gasteiger partial charge is 0.466 e. The molecule has 1 amide bonds. The average Bonchev–Trinajstić information content (AvgIpc) is 3.62. The molecule has 2 aromatic carbocycles. The molecule has 2 aliphatic rings. The van der Waals surface area contributed by atoms with E-state index < -0.39 is 5.79 Å². The lowest BCUT2D eigenvalue weighted by Crippen LogP contribution is -2.37. The van der Waals surface area contributed by atoms with E-state index in [-0.39, 0.29) is 24.3 Å². The summed E-state index contributed by atoms with van der Waals surface area (Å²) in [6.07, 6.45) is 3.83. The van der Waals surface area contributed by atoms with Gasteiger partial charge in [-0.1, -0.05) is 30.3 Å². The number of nitrogens with zero attached hydrogens (tertiary/aromatic N) is 1. The van der Waals surface area contributed by atoms with Crippen molar-refractivity contribution in [2.24, 2.45) is 5.92 Å². The Kier molecular flexibility index (Phi) is 9.10. The van der Waals surface area contributed by atoms with Crippen LogP contribution in [0.4, 0.5) is 5.69 Å². The van der Waals surface area contributed by atoms with Crippen molar-refractivity contribution in [2.75, 3.05) is 38.7 Å². The molecule has 2 heterocycles. The van der Waals surface area contributed by atoms with Gasteiger partial charge in [0.05, 0.1) is 32.3 Å². The Balaban J connectivity index is 1.33. The zero-order chi connectivity index (χ0) is 28.8. The Morgan fingerprint density at radius 2 is 1.73 bits per heavy atom. The summed E-state index contributed by atoms with van der Waals surface area (Å²) in [5, 5.41) is 3.77. The van der Waals surface area contributed by atoms with Gasteiger partial charge in [-0.05, 0) is 62.9 Å². The van der Waals surface area contributed by atoms with E-state index in [2.05, 4.69) is 23.5 Å². The quantitative estimate of drug-likeness (QED) is 0.288. The van der Waals surface area contributed by atoms with E-state index >= 15 is 0 Å². The molecule has 1 aromatic heterocycles. The fourth-order valence-corrected chi connectivity index (χ4v) is 5.90. The Morgan fingerprint density at radius 1 is 1.05 bits per heavy atom. The highest BCUT2D eigenvalue weighted by Gasteiger charge is 2.42. The van der Waals surface area contributed by atoms with Crippen LogP contribution in [-0.2, 0) is 19.0 Å². The minimum Gasteiger partial charge on any atom is -0.466 e. The molecule has 5 rings (SSSR count). The normalized spacial score (nSPS) is 17.3. The first-order chi connectivity index (χ1) is 19.9. The maximum atomic E-state index is 12.9. The number of ether oxygens (including phenoxy) is 3. The smallest absolute Gasteiger partial charge is 0.307 e. The van der Waals surface area contributed by atoms with Crippen molar-refractivity contribution in [3.05, 3.63) is 77.6 Å². The molecular weight excluding hydrogens is 520 g/mol. The molecular formula is C33H40N2O6. The lowest BCUT2D eigenvalue weighted by atomic mass is 9.78. The summed E-state index contributed by atoms with van der Waals surface area (Å²) in [6, 6.07) is 19.9. The third-order valence-electron chi connectivity index (χ3n) is 8.18. The van der Waals surface area contributed by atoms with Crippen molar-refractivity contribution in [2.45, 2.75) is 57.8 Å². The Labute approximate surface area is 242 Å². The van der Waals surface area contributed by atoms with Gasteiger partial charge in [0.1, 0.15) is 11.5 Å². The number of rotatable bonds is 10. The third-order valence-corrected chi connectivity index (χ3v) is 8.18. The van der Waals surface area contributed by atoms with E-state index in [9.17, 15) is 9.59 Å². The standard InChI is InChI=1S/C33H40N2O6/c1-4-38-30(36)16-19-35(3)32(37)26-10-12-27(13-11-26)34-31(25-14-17-33(18-15-25)39-20-21-40-33)28-22-29(41-23(28)2)24-8-6-5-7-9-24/h5-13,22,25,31,34H,4,14-21H2,1-3H3. The lowest BCUT2D eigenvalue weighted by Gasteiger charge is -2.39. The highest BCUT2D eigenvalue weighted by Crippen LogP contribution is 2.45. The number of anilines is 1.